The van der Waals surface area contributed by atoms with Gasteiger partial charge >= 0.3 is 0 Å². The lowest BCUT2D eigenvalue weighted by Gasteiger charge is -2.22. The van der Waals surface area contributed by atoms with E-state index in [-0.39, 0.29) is 5.91 Å². The largest absolute Gasteiger partial charge is 0.318 e. The molecule has 27 heavy (non-hydrogen) atoms. The fourth-order valence-electron chi connectivity index (χ4n) is 3.44. The molecule has 5 nitrogen and oxygen atoms in total. The Morgan fingerprint density at radius 2 is 1.78 bits per heavy atom. The Bertz CT molecular complexity index is 985. The molecule has 0 bridgehead atoms. The molecule has 1 aliphatic rings. The molecule has 5 heteroatoms. The second-order valence-corrected chi connectivity index (χ2v) is 6.73. The molecule has 0 saturated carbocycles. The van der Waals surface area contributed by atoms with Crippen LogP contribution in [-0.4, -0.2) is 22.4 Å². The van der Waals surface area contributed by atoms with E-state index in [9.17, 15) is 4.79 Å². The van der Waals surface area contributed by atoms with E-state index in [4.69, 9.17) is 0 Å². The van der Waals surface area contributed by atoms with E-state index in [1.54, 1.807) is 6.20 Å². The smallest absolute Gasteiger partial charge is 0.259 e. The summed E-state index contributed by atoms with van der Waals surface area (Å²) in [7, 11) is 0. The van der Waals surface area contributed by atoms with Crippen LogP contribution in [0.2, 0.25) is 0 Å². The number of aryl methyl sites for hydroxylation is 3. The van der Waals surface area contributed by atoms with Gasteiger partial charge in [-0.05, 0) is 55.5 Å². The number of pyridine rings is 2. The molecule has 136 valence electrons. The zero-order chi connectivity index (χ0) is 18.8. The van der Waals surface area contributed by atoms with Crippen molar-refractivity contribution in [2.75, 3.05) is 16.8 Å². The second kappa shape index (κ2) is 7.19. The average Bonchev–Trinajstić information content (AvgIpc) is 2.82. The zero-order valence-electron chi connectivity index (χ0n) is 15.6. The molecule has 0 atom stereocenters. The number of hydrogen-bond acceptors (Lipinski definition) is 4. The minimum Gasteiger partial charge on any atom is -0.318 e. The number of aromatic nitrogens is 2. The van der Waals surface area contributed by atoms with Gasteiger partial charge in [0.15, 0.2) is 5.82 Å². The first kappa shape index (κ1) is 17.2. The van der Waals surface area contributed by atoms with Crippen LogP contribution >= 0.6 is 0 Å². The predicted octanol–water partition coefficient (Wildman–Crippen LogP) is 4.29. The number of benzene rings is 1. The third-order valence-electron chi connectivity index (χ3n) is 4.92. The lowest BCUT2D eigenvalue weighted by Crippen LogP contribution is -2.20. The van der Waals surface area contributed by atoms with Gasteiger partial charge in [0.05, 0.1) is 11.3 Å². The summed E-state index contributed by atoms with van der Waals surface area (Å²) in [5.74, 6) is 1.27. The van der Waals surface area contributed by atoms with Crippen LogP contribution in [0.3, 0.4) is 0 Å². The molecule has 3 aromatic rings. The van der Waals surface area contributed by atoms with Crippen molar-refractivity contribution in [1.29, 1.82) is 0 Å². The van der Waals surface area contributed by atoms with Crippen LogP contribution in [0.1, 0.15) is 34.0 Å². The molecule has 1 aliphatic heterocycles. The monoisotopic (exact) mass is 358 g/mol. The van der Waals surface area contributed by atoms with E-state index in [1.807, 2.05) is 55.3 Å². The molecule has 3 heterocycles. The number of amides is 1. The van der Waals surface area contributed by atoms with Crippen molar-refractivity contribution in [3.63, 3.8) is 0 Å². The van der Waals surface area contributed by atoms with Crippen molar-refractivity contribution in [3.8, 4) is 0 Å². The highest BCUT2D eigenvalue weighted by Gasteiger charge is 2.27. The van der Waals surface area contributed by atoms with Crippen LogP contribution in [0.5, 0.6) is 0 Å². The van der Waals surface area contributed by atoms with Gasteiger partial charge in [0.2, 0.25) is 0 Å². The fourth-order valence-corrected chi connectivity index (χ4v) is 3.44. The van der Waals surface area contributed by atoms with Gasteiger partial charge in [-0.3, -0.25) is 4.79 Å². The van der Waals surface area contributed by atoms with Crippen LogP contribution in [0.4, 0.5) is 17.3 Å². The molecule has 1 N–H and O–H groups in total. The number of hydrogen-bond donors (Lipinski definition) is 1. The normalized spacial score (nSPS) is 12.8. The maximum Gasteiger partial charge on any atom is 0.259 e. The number of nitrogens with one attached hydrogen (secondary N) is 1. The fraction of sp³-hybridized carbons (Fsp3) is 0.227. The predicted molar refractivity (Wildman–Crippen MR) is 108 cm³/mol. The number of carbonyl (C=O) groups is 1. The number of anilines is 3. The Morgan fingerprint density at radius 3 is 2.56 bits per heavy atom. The van der Waals surface area contributed by atoms with Crippen LogP contribution in [-0.2, 0) is 12.8 Å². The van der Waals surface area contributed by atoms with E-state index < -0.39 is 0 Å². The van der Waals surface area contributed by atoms with Crippen molar-refractivity contribution in [3.05, 3.63) is 77.1 Å². The molecule has 0 spiro atoms. The third kappa shape index (κ3) is 3.28. The van der Waals surface area contributed by atoms with Gasteiger partial charge in [-0.1, -0.05) is 30.3 Å². The maximum absolute atomic E-state index is 12.9. The molecule has 2 aromatic heterocycles. The van der Waals surface area contributed by atoms with Crippen LogP contribution in [0, 0.1) is 6.92 Å². The van der Waals surface area contributed by atoms with Crippen molar-refractivity contribution in [2.45, 2.75) is 26.7 Å². The van der Waals surface area contributed by atoms with E-state index >= 15 is 0 Å². The quantitative estimate of drug-likeness (QED) is 0.756. The summed E-state index contributed by atoms with van der Waals surface area (Å²) in [6.07, 6.45) is 5.40. The van der Waals surface area contributed by atoms with Crippen molar-refractivity contribution in [2.24, 2.45) is 0 Å². The summed E-state index contributed by atoms with van der Waals surface area (Å²) >= 11 is 0. The molecule has 1 amide bonds. The van der Waals surface area contributed by atoms with Gasteiger partial charge in [0.25, 0.3) is 5.91 Å². The zero-order valence-corrected chi connectivity index (χ0v) is 15.6. The molecule has 0 aliphatic carbocycles. The standard InChI is InChI=1S/C22H22N4O/c1-3-26-20-18(22(27)25-19-15(2)11-12-23-21(19)26)13-17(14-24-20)10-9-16-7-5-4-6-8-16/h4-8,11-14H,3,9-10H2,1-2H3,(H,25,27). The summed E-state index contributed by atoms with van der Waals surface area (Å²) in [6.45, 7) is 4.70. The number of nitrogens with zero attached hydrogens (tertiary/aromatic N) is 3. The van der Waals surface area contributed by atoms with Crippen molar-refractivity contribution in [1.82, 2.24) is 9.97 Å². The number of rotatable bonds is 4. The minimum absolute atomic E-state index is 0.132. The van der Waals surface area contributed by atoms with Gasteiger partial charge in [0, 0.05) is 18.9 Å². The highest BCUT2D eigenvalue weighted by Crippen LogP contribution is 2.36. The Labute approximate surface area is 159 Å². The molecule has 0 unspecified atom stereocenters. The Hall–Kier alpha value is -3.21. The first-order chi connectivity index (χ1) is 13.2. The molecule has 0 saturated heterocycles. The number of carbonyl (C=O) groups excluding carboxylic acids is 1. The van der Waals surface area contributed by atoms with E-state index in [0.717, 1.165) is 35.5 Å². The Morgan fingerprint density at radius 1 is 1.00 bits per heavy atom. The van der Waals surface area contributed by atoms with E-state index in [1.165, 1.54) is 5.56 Å². The van der Waals surface area contributed by atoms with Crippen LogP contribution in [0.15, 0.2) is 54.9 Å². The first-order valence-corrected chi connectivity index (χ1v) is 9.24. The summed E-state index contributed by atoms with van der Waals surface area (Å²) in [5.41, 5.74) is 4.68. The molecule has 0 radical (unpaired) electrons. The van der Waals surface area contributed by atoms with Gasteiger partial charge in [-0.2, -0.15) is 0 Å². The van der Waals surface area contributed by atoms with Crippen LogP contribution < -0.4 is 10.2 Å². The molecule has 0 fully saturated rings. The maximum atomic E-state index is 12.9. The van der Waals surface area contributed by atoms with Gasteiger partial charge in [0.1, 0.15) is 5.82 Å². The molecule has 4 rings (SSSR count). The summed E-state index contributed by atoms with van der Waals surface area (Å²) in [5, 5.41) is 3.03. The van der Waals surface area contributed by atoms with Gasteiger partial charge < -0.3 is 10.2 Å². The second-order valence-electron chi connectivity index (χ2n) is 6.73. The average molecular weight is 358 g/mol. The summed E-state index contributed by atoms with van der Waals surface area (Å²) in [6, 6.07) is 14.2. The van der Waals surface area contributed by atoms with Crippen molar-refractivity contribution >= 4 is 23.2 Å². The van der Waals surface area contributed by atoms with Crippen molar-refractivity contribution < 1.29 is 4.79 Å². The first-order valence-electron chi connectivity index (χ1n) is 9.24. The lowest BCUT2D eigenvalue weighted by molar-refractivity contribution is 0.102. The third-order valence-corrected chi connectivity index (χ3v) is 4.92. The topological polar surface area (TPSA) is 58.1 Å². The van der Waals surface area contributed by atoms with E-state index in [2.05, 4.69) is 27.4 Å². The Kier molecular flexibility index (Phi) is 4.59. The van der Waals surface area contributed by atoms with Gasteiger partial charge in [-0.25, -0.2) is 9.97 Å². The number of fused-ring (bicyclic) bond motifs is 2. The molecular formula is C22H22N4O. The van der Waals surface area contributed by atoms with E-state index in [0.29, 0.717) is 17.9 Å². The summed E-state index contributed by atoms with van der Waals surface area (Å²) < 4.78 is 0. The SMILES string of the molecule is CCN1c2ncc(CCc3ccccc3)cc2C(=O)Nc2c(C)ccnc21. The molecular weight excluding hydrogens is 336 g/mol. The lowest BCUT2D eigenvalue weighted by atomic mass is 10.0. The van der Waals surface area contributed by atoms with Gasteiger partial charge in [-0.15, -0.1) is 0 Å². The van der Waals surface area contributed by atoms with Crippen LogP contribution in [0.25, 0.3) is 0 Å². The molecule has 1 aromatic carbocycles. The Balaban J connectivity index is 1.69. The summed E-state index contributed by atoms with van der Waals surface area (Å²) in [4.78, 5) is 24.0. The highest BCUT2D eigenvalue weighted by atomic mass is 16.1. The minimum atomic E-state index is -0.132. The highest BCUT2D eigenvalue weighted by molar-refractivity contribution is 6.11.